The standard InChI is InChI=1S/C32H32Cl2FN7O5/c1-47-27(44)17-37-22-9-4-11-42-26(22)14-25(41-42)31(45)39-23-7-2-5-19(28(23)33)20-6-3-8-24(29(20)34)40-32(46)30-21(35)13-18(16-38-30)15-36-10-12-43/h2-3,5-8,13-14,16,22,36-37,43H,4,9-12,15,17H2,1H3,(H,39,45)(H,40,46). The van der Waals surface area contributed by atoms with E-state index in [0.717, 1.165) is 18.5 Å². The summed E-state index contributed by atoms with van der Waals surface area (Å²) in [5.41, 5.74) is 2.53. The van der Waals surface area contributed by atoms with Crippen molar-refractivity contribution in [2.24, 2.45) is 0 Å². The Morgan fingerprint density at radius 3 is 2.36 bits per heavy atom. The van der Waals surface area contributed by atoms with Crippen LogP contribution in [0.25, 0.3) is 11.1 Å². The Morgan fingerprint density at radius 1 is 1.04 bits per heavy atom. The molecule has 0 fully saturated rings. The summed E-state index contributed by atoms with van der Waals surface area (Å²) >= 11 is 13.5. The van der Waals surface area contributed by atoms with E-state index in [4.69, 9.17) is 33.0 Å². The largest absolute Gasteiger partial charge is 0.468 e. The van der Waals surface area contributed by atoms with Crippen molar-refractivity contribution >= 4 is 52.4 Å². The summed E-state index contributed by atoms with van der Waals surface area (Å²) < 4.78 is 21.2. The molecular formula is C32H32Cl2FN7O5. The molecule has 246 valence electrons. The summed E-state index contributed by atoms with van der Waals surface area (Å²) in [6, 6.07) is 12.7. The molecule has 47 heavy (non-hydrogen) atoms. The molecule has 3 heterocycles. The number of aliphatic hydroxyl groups is 1. The number of carbonyl (C=O) groups excluding carboxylic acids is 3. The van der Waals surface area contributed by atoms with Gasteiger partial charge >= 0.3 is 5.97 Å². The van der Waals surface area contributed by atoms with Gasteiger partial charge in [0.15, 0.2) is 17.2 Å². The Hall–Kier alpha value is -4.40. The van der Waals surface area contributed by atoms with Gasteiger partial charge in [0.1, 0.15) is 0 Å². The van der Waals surface area contributed by atoms with Gasteiger partial charge in [0.2, 0.25) is 0 Å². The van der Waals surface area contributed by atoms with Crippen molar-refractivity contribution in [1.82, 2.24) is 25.4 Å². The lowest BCUT2D eigenvalue weighted by molar-refractivity contribution is -0.139. The van der Waals surface area contributed by atoms with Crippen molar-refractivity contribution in [3.8, 4) is 11.1 Å². The predicted molar refractivity (Wildman–Crippen MR) is 175 cm³/mol. The number of methoxy groups -OCH3 is 1. The maximum atomic E-state index is 14.7. The molecule has 5 rings (SSSR count). The molecule has 0 spiro atoms. The zero-order valence-corrected chi connectivity index (χ0v) is 26.8. The maximum Gasteiger partial charge on any atom is 0.319 e. The van der Waals surface area contributed by atoms with Crippen molar-refractivity contribution in [1.29, 1.82) is 0 Å². The molecule has 15 heteroatoms. The smallest absolute Gasteiger partial charge is 0.319 e. The SMILES string of the molecule is COC(=O)CNC1CCCn2nc(C(=O)Nc3cccc(-c4cccc(NC(=O)c5ncc(CNCCO)cc5F)c4Cl)c3Cl)cc21. The molecule has 0 saturated carbocycles. The molecule has 0 saturated heterocycles. The van der Waals surface area contributed by atoms with Crippen LogP contribution in [0.15, 0.2) is 54.7 Å². The second kappa shape index (κ2) is 15.5. The van der Waals surface area contributed by atoms with Gasteiger partial charge in [-0.1, -0.05) is 47.5 Å². The topological polar surface area (TPSA) is 159 Å². The van der Waals surface area contributed by atoms with Crippen LogP contribution >= 0.6 is 23.2 Å². The van der Waals surface area contributed by atoms with Gasteiger partial charge in [0.05, 0.1) is 47.4 Å². The molecule has 5 N–H and O–H groups in total. The number of aromatic nitrogens is 3. The van der Waals surface area contributed by atoms with Gasteiger partial charge in [0.25, 0.3) is 11.8 Å². The Bertz CT molecular complexity index is 1800. The number of amides is 2. The third kappa shape index (κ3) is 7.95. The first-order valence-electron chi connectivity index (χ1n) is 14.7. The Kier molecular flexibility index (Phi) is 11.2. The highest BCUT2D eigenvalue weighted by Crippen LogP contribution is 2.40. The summed E-state index contributed by atoms with van der Waals surface area (Å²) in [6.45, 7) is 1.23. The maximum absolute atomic E-state index is 14.7. The van der Waals surface area contributed by atoms with Crippen LogP contribution in [-0.2, 0) is 22.6 Å². The molecule has 12 nitrogen and oxygen atoms in total. The number of hydrogen-bond donors (Lipinski definition) is 5. The second-order valence-electron chi connectivity index (χ2n) is 10.6. The van der Waals surface area contributed by atoms with Crippen molar-refractivity contribution < 1.29 is 28.6 Å². The van der Waals surface area contributed by atoms with Gasteiger partial charge in [-0.05, 0) is 42.7 Å². The van der Waals surface area contributed by atoms with E-state index >= 15 is 0 Å². The number of fused-ring (bicyclic) bond motifs is 1. The van der Waals surface area contributed by atoms with Crippen LogP contribution in [0.2, 0.25) is 10.0 Å². The number of rotatable bonds is 12. The third-order valence-corrected chi connectivity index (χ3v) is 8.31. The van der Waals surface area contributed by atoms with Gasteiger partial charge in [-0.15, -0.1) is 0 Å². The summed E-state index contributed by atoms with van der Waals surface area (Å²) in [5, 5.41) is 25.2. The monoisotopic (exact) mass is 683 g/mol. The molecule has 0 aliphatic carbocycles. The quantitative estimate of drug-likeness (QED) is 0.106. The number of benzene rings is 2. The van der Waals surface area contributed by atoms with E-state index in [9.17, 15) is 18.8 Å². The van der Waals surface area contributed by atoms with Crippen LogP contribution in [0.4, 0.5) is 15.8 Å². The Balaban J connectivity index is 1.31. The lowest BCUT2D eigenvalue weighted by Crippen LogP contribution is -2.32. The number of pyridine rings is 1. The summed E-state index contributed by atoms with van der Waals surface area (Å²) in [6.07, 6.45) is 2.98. The van der Waals surface area contributed by atoms with Crippen LogP contribution in [0, 0.1) is 5.82 Å². The highest BCUT2D eigenvalue weighted by Gasteiger charge is 2.26. The van der Waals surface area contributed by atoms with Gasteiger partial charge in [-0.25, -0.2) is 9.37 Å². The van der Waals surface area contributed by atoms with Crippen LogP contribution < -0.4 is 21.3 Å². The first kappa shape index (κ1) is 33.9. The minimum Gasteiger partial charge on any atom is -0.468 e. The average molecular weight is 685 g/mol. The molecule has 4 aromatic rings. The van der Waals surface area contributed by atoms with E-state index in [-0.39, 0.29) is 53.1 Å². The lowest BCUT2D eigenvalue weighted by atomic mass is 10.0. The first-order valence-corrected chi connectivity index (χ1v) is 15.5. The van der Waals surface area contributed by atoms with E-state index in [1.54, 1.807) is 47.1 Å². The minimum atomic E-state index is -0.809. The van der Waals surface area contributed by atoms with E-state index in [2.05, 4.69) is 31.3 Å². The van der Waals surface area contributed by atoms with E-state index in [0.29, 0.717) is 35.5 Å². The lowest BCUT2D eigenvalue weighted by Gasteiger charge is -2.24. The van der Waals surface area contributed by atoms with Crippen LogP contribution in [0.5, 0.6) is 0 Å². The van der Waals surface area contributed by atoms with Crippen molar-refractivity contribution in [2.75, 3.05) is 37.4 Å². The predicted octanol–water partition coefficient (Wildman–Crippen LogP) is 4.58. The van der Waals surface area contributed by atoms with Gasteiger partial charge < -0.3 is 25.8 Å². The van der Waals surface area contributed by atoms with Crippen LogP contribution in [0.3, 0.4) is 0 Å². The number of anilines is 2. The Labute approximate surface area is 279 Å². The normalized spacial score (nSPS) is 13.9. The second-order valence-corrected chi connectivity index (χ2v) is 11.4. The molecule has 1 aliphatic heterocycles. The Morgan fingerprint density at radius 2 is 1.72 bits per heavy atom. The fraction of sp³-hybridized carbons (Fsp3) is 0.281. The molecule has 2 aromatic heterocycles. The first-order chi connectivity index (χ1) is 22.7. The third-order valence-electron chi connectivity index (χ3n) is 7.50. The number of carbonyl (C=O) groups is 3. The molecule has 1 atom stereocenters. The molecule has 0 radical (unpaired) electrons. The summed E-state index contributed by atoms with van der Waals surface area (Å²) in [4.78, 5) is 41.8. The van der Waals surface area contributed by atoms with Gasteiger partial charge in [0, 0.05) is 43.0 Å². The number of aliphatic hydroxyl groups excluding tert-OH is 1. The minimum absolute atomic E-state index is 0.0370. The van der Waals surface area contributed by atoms with E-state index in [1.165, 1.54) is 19.4 Å². The molecule has 1 aliphatic rings. The number of ether oxygens (including phenoxy) is 1. The highest BCUT2D eigenvalue weighted by atomic mass is 35.5. The number of aryl methyl sites for hydroxylation is 1. The van der Waals surface area contributed by atoms with Crippen LogP contribution in [0.1, 0.15) is 51.1 Å². The van der Waals surface area contributed by atoms with Crippen molar-refractivity contribution in [2.45, 2.75) is 32.0 Å². The number of hydrogen-bond acceptors (Lipinski definition) is 9. The number of esters is 1. The molecule has 2 aromatic carbocycles. The number of nitrogens with one attached hydrogen (secondary N) is 4. The zero-order valence-electron chi connectivity index (χ0n) is 25.3. The number of nitrogens with zero attached hydrogens (tertiary/aromatic N) is 3. The number of halogens is 3. The highest BCUT2D eigenvalue weighted by molar-refractivity contribution is 6.40. The van der Waals surface area contributed by atoms with Crippen molar-refractivity contribution in [3.63, 3.8) is 0 Å². The summed E-state index contributed by atoms with van der Waals surface area (Å²) in [7, 11) is 1.32. The van der Waals surface area contributed by atoms with E-state index < -0.39 is 23.3 Å². The fourth-order valence-corrected chi connectivity index (χ4v) is 5.72. The van der Waals surface area contributed by atoms with Crippen molar-refractivity contribution in [3.05, 3.63) is 93.2 Å². The molecule has 2 amide bonds. The van der Waals surface area contributed by atoms with E-state index in [1.807, 2.05) is 0 Å². The van der Waals surface area contributed by atoms with Gasteiger partial charge in [-0.3, -0.25) is 24.4 Å². The van der Waals surface area contributed by atoms with Crippen LogP contribution in [-0.4, -0.2) is 64.5 Å². The average Bonchev–Trinajstić information content (AvgIpc) is 3.51. The van der Waals surface area contributed by atoms with Gasteiger partial charge in [-0.2, -0.15) is 5.10 Å². The molecule has 1 unspecified atom stereocenters. The molecule has 0 bridgehead atoms. The summed E-state index contributed by atoms with van der Waals surface area (Å²) in [5.74, 6) is -2.47. The fourth-order valence-electron chi connectivity index (χ4n) is 5.17. The zero-order chi connectivity index (χ0) is 33.5. The molecular weight excluding hydrogens is 652 g/mol.